The van der Waals surface area contributed by atoms with E-state index in [-0.39, 0.29) is 0 Å². The molecule has 1 nitrogen and oxygen atoms in total. The highest BCUT2D eigenvalue weighted by molar-refractivity contribution is 5.69. The summed E-state index contributed by atoms with van der Waals surface area (Å²) in [6, 6.07) is 14.2. The van der Waals surface area contributed by atoms with Crippen molar-refractivity contribution in [3.8, 4) is 11.1 Å². The third-order valence-corrected chi connectivity index (χ3v) is 4.27. The molecule has 0 saturated carbocycles. The van der Waals surface area contributed by atoms with Crippen molar-refractivity contribution in [2.45, 2.75) is 32.7 Å². The van der Waals surface area contributed by atoms with Crippen LogP contribution in [0.4, 0.5) is 0 Å². The van der Waals surface area contributed by atoms with Crippen LogP contribution in [0.1, 0.15) is 34.7 Å². The molecular weight excluding hydrogens is 230 g/mol. The van der Waals surface area contributed by atoms with Gasteiger partial charge in [-0.15, -0.1) is 0 Å². The van der Waals surface area contributed by atoms with Crippen LogP contribution in [0.3, 0.4) is 0 Å². The smallest absolute Gasteiger partial charge is 0.0323 e. The summed E-state index contributed by atoms with van der Waals surface area (Å²) < 4.78 is 0. The van der Waals surface area contributed by atoms with E-state index in [1.165, 1.54) is 46.2 Å². The van der Waals surface area contributed by atoms with E-state index >= 15 is 0 Å². The Kier molecular flexibility index (Phi) is 3.16. The Morgan fingerprint density at radius 2 is 1.89 bits per heavy atom. The standard InChI is InChI=1S/C18H21N/c1-12-4-5-13(2)17(10-12)15-6-8-16-14(11-15)7-9-18(16)19-3/h4-6,8,10-11,18-19H,7,9H2,1-3H3. The lowest BCUT2D eigenvalue weighted by Gasteiger charge is -2.12. The average Bonchev–Trinajstić information content (AvgIpc) is 2.83. The molecule has 98 valence electrons. The first kappa shape index (κ1) is 12.4. The summed E-state index contributed by atoms with van der Waals surface area (Å²) in [5.41, 5.74) is 8.41. The molecule has 1 aliphatic rings. The van der Waals surface area contributed by atoms with Gasteiger partial charge in [0.25, 0.3) is 0 Å². The highest BCUT2D eigenvalue weighted by Gasteiger charge is 2.21. The van der Waals surface area contributed by atoms with Crippen LogP contribution in [0, 0.1) is 13.8 Å². The van der Waals surface area contributed by atoms with Gasteiger partial charge < -0.3 is 5.32 Å². The van der Waals surface area contributed by atoms with Gasteiger partial charge in [-0.05, 0) is 61.6 Å². The fraction of sp³-hybridized carbons (Fsp3) is 0.333. The molecule has 1 N–H and O–H groups in total. The first-order valence-corrected chi connectivity index (χ1v) is 7.07. The van der Waals surface area contributed by atoms with Crippen molar-refractivity contribution in [2.75, 3.05) is 7.05 Å². The quantitative estimate of drug-likeness (QED) is 0.844. The molecule has 1 unspecified atom stereocenters. The molecule has 3 rings (SSSR count). The molecule has 1 atom stereocenters. The third kappa shape index (κ3) is 2.19. The number of nitrogens with one attached hydrogen (secondary N) is 1. The zero-order valence-corrected chi connectivity index (χ0v) is 12.0. The monoisotopic (exact) mass is 251 g/mol. The molecule has 19 heavy (non-hydrogen) atoms. The molecule has 0 radical (unpaired) electrons. The molecule has 2 aromatic rings. The fourth-order valence-electron chi connectivity index (χ4n) is 3.13. The van der Waals surface area contributed by atoms with Gasteiger partial charge in [-0.2, -0.15) is 0 Å². The lowest BCUT2D eigenvalue weighted by molar-refractivity contribution is 0.590. The Hall–Kier alpha value is -1.60. The van der Waals surface area contributed by atoms with E-state index in [0.29, 0.717) is 6.04 Å². The Balaban J connectivity index is 2.06. The van der Waals surface area contributed by atoms with Gasteiger partial charge >= 0.3 is 0 Å². The minimum Gasteiger partial charge on any atom is -0.313 e. The second-order valence-corrected chi connectivity index (χ2v) is 5.61. The summed E-state index contributed by atoms with van der Waals surface area (Å²) in [5, 5.41) is 3.40. The van der Waals surface area contributed by atoms with Gasteiger partial charge in [-0.25, -0.2) is 0 Å². The van der Waals surface area contributed by atoms with Crippen molar-refractivity contribution in [2.24, 2.45) is 0 Å². The second kappa shape index (κ2) is 4.82. The molecule has 0 aromatic heterocycles. The van der Waals surface area contributed by atoms with E-state index in [0.717, 1.165) is 0 Å². The number of hydrogen-bond donors (Lipinski definition) is 1. The molecule has 0 saturated heterocycles. The SMILES string of the molecule is CNC1CCc2cc(-c3cc(C)ccc3C)ccc21. The zero-order chi connectivity index (χ0) is 13.4. The van der Waals surface area contributed by atoms with E-state index < -0.39 is 0 Å². The van der Waals surface area contributed by atoms with Gasteiger partial charge in [0.15, 0.2) is 0 Å². The number of aryl methyl sites for hydroxylation is 3. The number of hydrogen-bond acceptors (Lipinski definition) is 1. The Bertz CT molecular complexity index is 613. The van der Waals surface area contributed by atoms with Gasteiger partial charge in [0.05, 0.1) is 0 Å². The van der Waals surface area contributed by atoms with Crippen LogP contribution in [-0.4, -0.2) is 7.05 Å². The van der Waals surface area contributed by atoms with Gasteiger partial charge in [0, 0.05) is 6.04 Å². The summed E-state index contributed by atoms with van der Waals surface area (Å²) in [7, 11) is 2.05. The van der Waals surface area contributed by atoms with E-state index in [4.69, 9.17) is 0 Å². The Morgan fingerprint density at radius 1 is 1.05 bits per heavy atom. The lowest BCUT2D eigenvalue weighted by atomic mass is 9.95. The van der Waals surface area contributed by atoms with E-state index in [9.17, 15) is 0 Å². The normalized spacial score (nSPS) is 17.5. The van der Waals surface area contributed by atoms with Crippen molar-refractivity contribution in [3.05, 3.63) is 58.7 Å². The molecule has 0 amide bonds. The van der Waals surface area contributed by atoms with Crippen LogP contribution < -0.4 is 5.32 Å². The molecule has 0 aliphatic heterocycles. The molecule has 0 fully saturated rings. The van der Waals surface area contributed by atoms with Gasteiger partial charge in [0.1, 0.15) is 0 Å². The fourth-order valence-corrected chi connectivity index (χ4v) is 3.13. The van der Waals surface area contributed by atoms with Crippen molar-refractivity contribution in [1.29, 1.82) is 0 Å². The summed E-state index contributed by atoms with van der Waals surface area (Å²) in [6.07, 6.45) is 2.42. The van der Waals surface area contributed by atoms with Crippen molar-refractivity contribution >= 4 is 0 Å². The summed E-state index contributed by atoms with van der Waals surface area (Å²) in [4.78, 5) is 0. The van der Waals surface area contributed by atoms with Crippen molar-refractivity contribution in [3.63, 3.8) is 0 Å². The van der Waals surface area contributed by atoms with Crippen molar-refractivity contribution < 1.29 is 0 Å². The minimum absolute atomic E-state index is 0.544. The summed E-state index contributed by atoms with van der Waals surface area (Å²) in [5.74, 6) is 0. The molecule has 1 heteroatoms. The van der Waals surface area contributed by atoms with Gasteiger partial charge in [-0.1, -0.05) is 42.0 Å². The van der Waals surface area contributed by atoms with Crippen LogP contribution in [0.5, 0.6) is 0 Å². The van der Waals surface area contributed by atoms with Crippen LogP contribution in [0.2, 0.25) is 0 Å². The predicted octanol–water partition coefficient (Wildman–Crippen LogP) is 4.18. The second-order valence-electron chi connectivity index (χ2n) is 5.61. The molecule has 0 bridgehead atoms. The summed E-state index contributed by atoms with van der Waals surface area (Å²) >= 11 is 0. The number of rotatable bonds is 2. The lowest BCUT2D eigenvalue weighted by Crippen LogP contribution is -2.12. The Morgan fingerprint density at radius 3 is 2.68 bits per heavy atom. The first-order valence-electron chi connectivity index (χ1n) is 7.07. The van der Waals surface area contributed by atoms with E-state index in [1.54, 1.807) is 0 Å². The van der Waals surface area contributed by atoms with Crippen LogP contribution in [-0.2, 0) is 6.42 Å². The highest BCUT2D eigenvalue weighted by atomic mass is 14.9. The van der Waals surface area contributed by atoms with E-state index in [2.05, 4.69) is 62.6 Å². The molecular formula is C18H21N. The van der Waals surface area contributed by atoms with E-state index in [1.807, 2.05) is 0 Å². The van der Waals surface area contributed by atoms with Crippen LogP contribution >= 0.6 is 0 Å². The maximum atomic E-state index is 3.40. The number of benzene rings is 2. The molecule has 0 spiro atoms. The van der Waals surface area contributed by atoms with Crippen molar-refractivity contribution in [1.82, 2.24) is 5.32 Å². The third-order valence-electron chi connectivity index (χ3n) is 4.27. The van der Waals surface area contributed by atoms with Crippen LogP contribution in [0.25, 0.3) is 11.1 Å². The first-order chi connectivity index (χ1) is 9.19. The largest absolute Gasteiger partial charge is 0.313 e. The molecule has 2 aromatic carbocycles. The zero-order valence-electron chi connectivity index (χ0n) is 12.0. The van der Waals surface area contributed by atoms with Crippen LogP contribution in [0.15, 0.2) is 36.4 Å². The van der Waals surface area contributed by atoms with Gasteiger partial charge in [-0.3, -0.25) is 0 Å². The maximum absolute atomic E-state index is 3.40. The highest BCUT2D eigenvalue weighted by Crippen LogP contribution is 2.34. The Labute approximate surface area is 115 Å². The number of fused-ring (bicyclic) bond motifs is 1. The molecule has 0 heterocycles. The average molecular weight is 251 g/mol. The molecule has 1 aliphatic carbocycles. The van der Waals surface area contributed by atoms with Gasteiger partial charge in [0.2, 0.25) is 0 Å². The summed E-state index contributed by atoms with van der Waals surface area (Å²) in [6.45, 7) is 4.35. The maximum Gasteiger partial charge on any atom is 0.0323 e. The predicted molar refractivity (Wildman–Crippen MR) is 81.5 cm³/mol. The topological polar surface area (TPSA) is 12.0 Å². The minimum atomic E-state index is 0.544.